The van der Waals surface area contributed by atoms with Crippen LogP contribution in [0.1, 0.15) is 23.7 Å². The van der Waals surface area contributed by atoms with Crippen LogP contribution in [0, 0.1) is 0 Å². The summed E-state index contributed by atoms with van der Waals surface area (Å²) in [6, 6.07) is 4.34. The fourth-order valence-corrected chi connectivity index (χ4v) is 2.49. The van der Waals surface area contributed by atoms with E-state index in [1.54, 1.807) is 19.1 Å². The van der Waals surface area contributed by atoms with Crippen molar-refractivity contribution in [3.8, 4) is 0 Å². The summed E-state index contributed by atoms with van der Waals surface area (Å²) in [5, 5.41) is 3.39. The van der Waals surface area contributed by atoms with Gasteiger partial charge in [0.05, 0.1) is 15.8 Å². The summed E-state index contributed by atoms with van der Waals surface area (Å²) in [5.41, 5.74) is 0.389. The first-order valence-electron chi connectivity index (χ1n) is 5.62. The van der Waals surface area contributed by atoms with E-state index in [-0.39, 0.29) is 17.7 Å². The maximum Gasteiger partial charge on any atom is 0.251 e. The average molecular weight is 324 g/mol. The third-order valence-electron chi connectivity index (χ3n) is 2.48. The summed E-state index contributed by atoms with van der Waals surface area (Å²) >= 11 is 11.6. The van der Waals surface area contributed by atoms with Crippen molar-refractivity contribution < 1.29 is 13.2 Å². The Labute approximate surface area is 123 Å². The second kappa shape index (κ2) is 6.59. The van der Waals surface area contributed by atoms with Crippen LogP contribution in [0.4, 0.5) is 0 Å². The van der Waals surface area contributed by atoms with Crippen LogP contribution in [-0.4, -0.2) is 32.4 Å². The van der Waals surface area contributed by atoms with Gasteiger partial charge in [-0.05, 0) is 31.5 Å². The largest absolute Gasteiger partial charge is 0.350 e. The molecule has 4 nitrogen and oxygen atoms in total. The van der Waals surface area contributed by atoms with Gasteiger partial charge in [0, 0.05) is 17.9 Å². The zero-order valence-electron chi connectivity index (χ0n) is 10.6. The van der Waals surface area contributed by atoms with E-state index in [4.69, 9.17) is 23.2 Å². The fourth-order valence-electron chi connectivity index (χ4n) is 1.41. The molecule has 1 amide bonds. The summed E-state index contributed by atoms with van der Waals surface area (Å²) in [6.45, 7) is 1.75. The molecular weight excluding hydrogens is 309 g/mol. The van der Waals surface area contributed by atoms with E-state index in [1.807, 2.05) is 0 Å². The highest BCUT2D eigenvalue weighted by Crippen LogP contribution is 2.22. The van der Waals surface area contributed by atoms with Crippen LogP contribution in [-0.2, 0) is 9.84 Å². The number of amides is 1. The topological polar surface area (TPSA) is 63.2 Å². The third-order valence-corrected chi connectivity index (χ3v) is 4.20. The van der Waals surface area contributed by atoms with Crippen LogP contribution in [0.15, 0.2) is 18.2 Å². The minimum Gasteiger partial charge on any atom is -0.350 e. The van der Waals surface area contributed by atoms with Crippen LogP contribution in [0.5, 0.6) is 0 Å². The molecule has 1 atom stereocenters. The van der Waals surface area contributed by atoms with Crippen LogP contribution < -0.4 is 5.32 Å². The normalized spacial score (nSPS) is 13.1. The lowest BCUT2D eigenvalue weighted by Crippen LogP contribution is -2.33. The Morgan fingerprint density at radius 1 is 1.32 bits per heavy atom. The number of carbonyl (C=O) groups excluding carboxylic acids is 1. The summed E-state index contributed by atoms with van der Waals surface area (Å²) in [4.78, 5) is 11.9. The molecule has 0 saturated heterocycles. The molecule has 0 aliphatic heterocycles. The maximum atomic E-state index is 11.9. The van der Waals surface area contributed by atoms with Crippen molar-refractivity contribution in [1.82, 2.24) is 5.32 Å². The molecule has 1 unspecified atom stereocenters. The molecule has 1 aromatic carbocycles. The number of rotatable bonds is 5. The molecular formula is C12H15Cl2NO3S. The summed E-state index contributed by atoms with van der Waals surface area (Å²) in [6.07, 6.45) is 1.53. The Morgan fingerprint density at radius 3 is 2.47 bits per heavy atom. The monoisotopic (exact) mass is 323 g/mol. The molecule has 19 heavy (non-hydrogen) atoms. The standard InChI is InChI=1S/C12H15Cl2NO3S/c1-8(5-6-19(2,17)18)15-12(16)9-3-4-10(13)11(14)7-9/h3-4,7-8H,5-6H2,1-2H3,(H,15,16). The first-order chi connectivity index (χ1) is 8.69. The summed E-state index contributed by atoms with van der Waals surface area (Å²) in [5.74, 6) is -0.268. The second-order valence-corrected chi connectivity index (χ2v) is 7.50. The molecule has 7 heteroatoms. The molecule has 0 saturated carbocycles. The minimum absolute atomic E-state index is 0.0375. The Balaban J connectivity index is 2.61. The first kappa shape index (κ1) is 16.3. The number of nitrogens with one attached hydrogen (secondary N) is 1. The van der Waals surface area contributed by atoms with Crippen molar-refractivity contribution in [2.45, 2.75) is 19.4 Å². The van der Waals surface area contributed by atoms with Crippen LogP contribution in [0.2, 0.25) is 10.0 Å². The van der Waals surface area contributed by atoms with E-state index in [0.717, 1.165) is 0 Å². The van der Waals surface area contributed by atoms with Gasteiger partial charge in [0.15, 0.2) is 0 Å². The molecule has 0 radical (unpaired) electrons. The molecule has 1 rings (SSSR count). The van der Waals surface area contributed by atoms with Gasteiger partial charge in [-0.3, -0.25) is 4.79 Å². The zero-order chi connectivity index (χ0) is 14.6. The number of halogens is 2. The number of hydrogen-bond acceptors (Lipinski definition) is 3. The molecule has 0 aliphatic rings. The number of sulfone groups is 1. The van der Waals surface area contributed by atoms with Gasteiger partial charge in [-0.15, -0.1) is 0 Å². The van der Waals surface area contributed by atoms with Gasteiger partial charge in [-0.25, -0.2) is 8.42 Å². The van der Waals surface area contributed by atoms with Crippen LogP contribution >= 0.6 is 23.2 Å². The summed E-state index contributed by atoms with van der Waals surface area (Å²) < 4.78 is 22.1. The minimum atomic E-state index is -3.02. The lowest BCUT2D eigenvalue weighted by atomic mass is 10.2. The molecule has 0 bridgehead atoms. The average Bonchev–Trinajstić information content (AvgIpc) is 2.29. The number of hydrogen-bond donors (Lipinski definition) is 1. The van der Waals surface area contributed by atoms with Crippen molar-refractivity contribution in [3.63, 3.8) is 0 Å². The van der Waals surface area contributed by atoms with Crippen molar-refractivity contribution in [2.75, 3.05) is 12.0 Å². The van der Waals surface area contributed by atoms with Gasteiger partial charge >= 0.3 is 0 Å². The van der Waals surface area contributed by atoms with Gasteiger partial charge in [-0.1, -0.05) is 23.2 Å². The molecule has 1 N–H and O–H groups in total. The Hall–Kier alpha value is -0.780. The van der Waals surface area contributed by atoms with E-state index >= 15 is 0 Å². The predicted octanol–water partition coefficient (Wildman–Crippen LogP) is 2.55. The van der Waals surface area contributed by atoms with E-state index in [2.05, 4.69) is 5.32 Å². The Morgan fingerprint density at radius 2 is 1.95 bits per heavy atom. The van der Waals surface area contributed by atoms with Crippen molar-refractivity contribution >= 4 is 38.9 Å². The van der Waals surface area contributed by atoms with Crippen molar-refractivity contribution in [2.24, 2.45) is 0 Å². The first-order valence-corrected chi connectivity index (χ1v) is 8.44. The highest BCUT2D eigenvalue weighted by Gasteiger charge is 2.13. The highest BCUT2D eigenvalue weighted by molar-refractivity contribution is 7.90. The predicted molar refractivity (Wildman–Crippen MR) is 77.7 cm³/mol. The van der Waals surface area contributed by atoms with Gasteiger partial charge < -0.3 is 5.32 Å². The number of benzene rings is 1. The van der Waals surface area contributed by atoms with E-state index in [9.17, 15) is 13.2 Å². The highest BCUT2D eigenvalue weighted by atomic mass is 35.5. The smallest absolute Gasteiger partial charge is 0.251 e. The molecule has 0 aliphatic carbocycles. The molecule has 0 spiro atoms. The molecule has 106 valence electrons. The Bertz CT molecular complexity index is 572. The SMILES string of the molecule is CC(CCS(C)(=O)=O)NC(=O)c1ccc(Cl)c(Cl)c1. The maximum absolute atomic E-state index is 11.9. The van der Waals surface area contributed by atoms with Crippen LogP contribution in [0.3, 0.4) is 0 Å². The van der Waals surface area contributed by atoms with Crippen molar-refractivity contribution in [1.29, 1.82) is 0 Å². The van der Waals surface area contributed by atoms with Gasteiger partial charge in [0.2, 0.25) is 0 Å². The fraction of sp³-hybridized carbons (Fsp3) is 0.417. The van der Waals surface area contributed by atoms with E-state index in [0.29, 0.717) is 22.0 Å². The lowest BCUT2D eigenvalue weighted by Gasteiger charge is -2.13. The lowest BCUT2D eigenvalue weighted by molar-refractivity contribution is 0.0939. The summed E-state index contributed by atoms with van der Waals surface area (Å²) in [7, 11) is -3.02. The van der Waals surface area contributed by atoms with Crippen LogP contribution in [0.25, 0.3) is 0 Å². The molecule has 0 heterocycles. The zero-order valence-corrected chi connectivity index (χ0v) is 12.9. The van der Waals surface area contributed by atoms with Gasteiger partial charge in [-0.2, -0.15) is 0 Å². The molecule has 1 aromatic rings. The number of carbonyl (C=O) groups is 1. The van der Waals surface area contributed by atoms with Crippen molar-refractivity contribution in [3.05, 3.63) is 33.8 Å². The van der Waals surface area contributed by atoms with E-state index < -0.39 is 9.84 Å². The Kier molecular flexibility index (Phi) is 5.64. The van der Waals surface area contributed by atoms with Gasteiger partial charge in [0.25, 0.3) is 5.91 Å². The third kappa shape index (κ3) is 5.80. The quantitative estimate of drug-likeness (QED) is 0.905. The molecule has 0 fully saturated rings. The molecule has 0 aromatic heterocycles. The second-order valence-electron chi connectivity index (χ2n) is 4.42. The van der Waals surface area contributed by atoms with Gasteiger partial charge in [0.1, 0.15) is 9.84 Å². The van der Waals surface area contributed by atoms with E-state index in [1.165, 1.54) is 12.3 Å².